The van der Waals surface area contributed by atoms with E-state index in [2.05, 4.69) is 94.4 Å². The molecule has 0 saturated heterocycles. The van der Waals surface area contributed by atoms with Crippen molar-refractivity contribution in [3.8, 4) is 22.3 Å². The van der Waals surface area contributed by atoms with Crippen molar-refractivity contribution >= 4 is 12.6 Å². The van der Waals surface area contributed by atoms with Gasteiger partial charge in [-0.3, -0.25) is 0 Å². The number of hydrogen-bond acceptors (Lipinski definition) is 1. The van der Waals surface area contributed by atoms with Crippen LogP contribution < -0.4 is 0 Å². The Balaban J connectivity index is 2.08. The third-order valence-corrected chi connectivity index (χ3v) is 5.17. The lowest BCUT2D eigenvalue weighted by molar-refractivity contribution is 0.867. The molecular formula is C24H26S. The van der Waals surface area contributed by atoms with E-state index in [1.165, 1.54) is 33.4 Å². The molecule has 0 bridgehead atoms. The highest BCUT2D eigenvalue weighted by atomic mass is 32.1. The van der Waals surface area contributed by atoms with Gasteiger partial charge in [-0.05, 0) is 45.7 Å². The highest BCUT2D eigenvalue weighted by Gasteiger charge is 2.11. The van der Waals surface area contributed by atoms with Crippen LogP contribution in [0.4, 0.5) is 0 Å². The maximum absolute atomic E-state index is 4.75. The monoisotopic (exact) mass is 346 g/mol. The molecule has 3 aromatic carbocycles. The van der Waals surface area contributed by atoms with Crippen LogP contribution in [0.3, 0.4) is 0 Å². The lowest BCUT2D eigenvalue weighted by atomic mass is 9.91. The van der Waals surface area contributed by atoms with Gasteiger partial charge in [0.25, 0.3) is 0 Å². The fraction of sp³-hybridized carbons (Fsp3) is 0.250. The first kappa shape index (κ1) is 17.8. The molecule has 0 spiro atoms. The van der Waals surface area contributed by atoms with Crippen LogP contribution in [0.1, 0.15) is 50.7 Å². The van der Waals surface area contributed by atoms with Gasteiger partial charge >= 0.3 is 0 Å². The van der Waals surface area contributed by atoms with Crippen LogP contribution in [0.2, 0.25) is 0 Å². The summed E-state index contributed by atoms with van der Waals surface area (Å²) in [6.07, 6.45) is 0. The Bertz CT molecular complexity index is 840. The fourth-order valence-electron chi connectivity index (χ4n) is 3.17. The number of rotatable bonds is 4. The highest BCUT2D eigenvalue weighted by Crippen LogP contribution is 2.37. The minimum atomic E-state index is 0.545. The van der Waals surface area contributed by atoms with Crippen molar-refractivity contribution in [2.24, 2.45) is 0 Å². The first-order valence-corrected chi connectivity index (χ1v) is 9.44. The third kappa shape index (κ3) is 3.82. The van der Waals surface area contributed by atoms with E-state index in [1.54, 1.807) is 0 Å². The van der Waals surface area contributed by atoms with E-state index in [4.69, 9.17) is 12.6 Å². The van der Waals surface area contributed by atoms with Crippen LogP contribution in [0.5, 0.6) is 0 Å². The molecule has 0 heterocycles. The molecule has 0 aliphatic carbocycles. The number of thiol groups is 1. The Morgan fingerprint density at radius 3 is 1.56 bits per heavy atom. The molecule has 3 aromatic rings. The van der Waals surface area contributed by atoms with E-state index in [-0.39, 0.29) is 0 Å². The summed E-state index contributed by atoms with van der Waals surface area (Å²) in [7, 11) is 0. The standard InChI is InChI=1S/C24H26S/c1-16(2)18-8-12-20(13-9-18)22-6-5-7-23(25)24(22)21-14-10-19(11-15-21)17(3)4/h5-17,25H,1-4H3. The Hall–Kier alpha value is -1.99. The molecule has 0 atom stereocenters. The van der Waals surface area contributed by atoms with Crippen LogP contribution in [-0.2, 0) is 0 Å². The third-order valence-electron chi connectivity index (χ3n) is 4.80. The Labute approximate surface area is 157 Å². The zero-order chi connectivity index (χ0) is 18.0. The van der Waals surface area contributed by atoms with Crippen LogP contribution in [0.15, 0.2) is 71.6 Å². The van der Waals surface area contributed by atoms with Gasteiger partial charge in [-0.1, -0.05) is 88.4 Å². The van der Waals surface area contributed by atoms with Gasteiger partial charge in [0.15, 0.2) is 0 Å². The number of hydrogen-bond donors (Lipinski definition) is 1. The molecule has 0 aromatic heterocycles. The first-order valence-electron chi connectivity index (χ1n) is 9.00. The van der Waals surface area contributed by atoms with Gasteiger partial charge in [0.1, 0.15) is 0 Å². The second-order valence-electron chi connectivity index (χ2n) is 7.25. The summed E-state index contributed by atoms with van der Waals surface area (Å²) < 4.78 is 0. The first-order chi connectivity index (χ1) is 12.0. The molecule has 1 heteroatoms. The lowest BCUT2D eigenvalue weighted by Gasteiger charge is -2.15. The molecule has 0 radical (unpaired) electrons. The lowest BCUT2D eigenvalue weighted by Crippen LogP contribution is -1.91. The zero-order valence-electron chi connectivity index (χ0n) is 15.5. The summed E-state index contributed by atoms with van der Waals surface area (Å²) >= 11 is 4.75. The largest absolute Gasteiger partial charge is 0.143 e. The maximum atomic E-state index is 4.75. The van der Waals surface area contributed by atoms with Crippen molar-refractivity contribution in [3.05, 3.63) is 77.9 Å². The topological polar surface area (TPSA) is 0 Å². The maximum Gasteiger partial charge on any atom is 0.0125 e. The van der Waals surface area contributed by atoms with Crippen molar-refractivity contribution in [3.63, 3.8) is 0 Å². The van der Waals surface area contributed by atoms with Crippen molar-refractivity contribution in [2.45, 2.75) is 44.4 Å². The molecule has 0 aliphatic rings. The highest BCUT2D eigenvalue weighted by molar-refractivity contribution is 7.80. The van der Waals surface area contributed by atoms with E-state index in [0.29, 0.717) is 11.8 Å². The summed E-state index contributed by atoms with van der Waals surface area (Å²) in [5.41, 5.74) is 7.64. The van der Waals surface area contributed by atoms with Crippen LogP contribution >= 0.6 is 12.6 Å². The molecule has 3 rings (SSSR count). The summed E-state index contributed by atoms with van der Waals surface area (Å²) in [6, 6.07) is 24.2. The van der Waals surface area contributed by atoms with Gasteiger partial charge in [0.2, 0.25) is 0 Å². The molecule has 0 aliphatic heterocycles. The average Bonchev–Trinajstić information content (AvgIpc) is 2.61. The average molecular weight is 347 g/mol. The minimum absolute atomic E-state index is 0.545. The summed E-state index contributed by atoms with van der Waals surface area (Å²) in [5.74, 6) is 1.09. The van der Waals surface area contributed by atoms with Crippen LogP contribution in [0, 0.1) is 0 Å². The predicted octanol–water partition coefficient (Wildman–Crippen LogP) is 7.56. The van der Waals surface area contributed by atoms with E-state index in [0.717, 1.165) is 4.90 Å². The van der Waals surface area contributed by atoms with Gasteiger partial charge < -0.3 is 0 Å². The summed E-state index contributed by atoms with van der Waals surface area (Å²) in [6.45, 7) is 8.91. The SMILES string of the molecule is CC(C)c1ccc(-c2cccc(S)c2-c2ccc(C(C)C)cc2)cc1. The number of benzene rings is 3. The molecule has 128 valence electrons. The van der Waals surface area contributed by atoms with Crippen LogP contribution in [0.25, 0.3) is 22.3 Å². The summed E-state index contributed by atoms with van der Waals surface area (Å²) in [4.78, 5) is 1.02. The van der Waals surface area contributed by atoms with Gasteiger partial charge in [0.05, 0.1) is 0 Å². The minimum Gasteiger partial charge on any atom is -0.143 e. The van der Waals surface area contributed by atoms with E-state index in [9.17, 15) is 0 Å². The Morgan fingerprint density at radius 1 is 0.600 bits per heavy atom. The second-order valence-corrected chi connectivity index (χ2v) is 7.73. The van der Waals surface area contributed by atoms with Crippen LogP contribution in [-0.4, -0.2) is 0 Å². The van der Waals surface area contributed by atoms with E-state index < -0.39 is 0 Å². The molecule has 0 fully saturated rings. The van der Waals surface area contributed by atoms with Crippen molar-refractivity contribution in [1.82, 2.24) is 0 Å². The molecular weight excluding hydrogens is 320 g/mol. The molecule has 0 unspecified atom stereocenters. The molecule has 25 heavy (non-hydrogen) atoms. The molecule has 0 saturated carbocycles. The Morgan fingerprint density at radius 2 is 1.08 bits per heavy atom. The smallest absolute Gasteiger partial charge is 0.0125 e. The fourth-order valence-corrected chi connectivity index (χ4v) is 3.50. The van der Waals surface area contributed by atoms with Crippen molar-refractivity contribution in [2.75, 3.05) is 0 Å². The predicted molar refractivity (Wildman–Crippen MR) is 113 cm³/mol. The summed E-state index contributed by atoms with van der Waals surface area (Å²) in [5, 5.41) is 0. The van der Waals surface area contributed by atoms with E-state index in [1.807, 2.05) is 0 Å². The van der Waals surface area contributed by atoms with Crippen molar-refractivity contribution < 1.29 is 0 Å². The van der Waals surface area contributed by atoms with Gasteiger partial charge in [0, 0.05) is 10.5 Å². The van der Waals surface area contributed by atoms with Crippen molar-refractivity contribution in [1.29, 1.82) is 0 Å². The van der Waals surface area contributed by atoms with Gasteiger partial charge in [-0.2, -0.15) is 0 Å². The molecule has 0 amide bonds. The van der Waals surface area contributed by atoms with E-state index >= 15 is 0 Å². The molecule has 0 N–H and O–H groups in total. The normalized spacial score (nSPS) is 11.3. The van der Waals surface area contributed by atoms with Gasteiger partial charge in [-0.15, -0.1) is 12.6 Å². The van der Waals surface area contributed by atoms with Gasteiger partial charge in [-0.25, -0.2) is 0 Å². The molecule has 0 nitrogen and oxygen atoms in total. The Kier molecular flexibility index (Phi) is 5.34. The second kappa shape index (κ2) is 7.49. The zero-order valence-corrected chi connectivity index (χ0v) is 16.3. The quantitative estimate of drug-likeness (QED) is 0.463.